The standard InChI is InChI=1S/C17H22N2O2S/c18-14-17(9-5-2-6-10-17)16(20)19-11-12-22(21)13-15-7-3-1-4-8-15/h1,3-4,7-8H,2,5-6,9-13H2,(H,19,20)/t22-/m1/s1. The molecule has 1 saturated carbocycles. The van der Waals surface area contributed by atoms with Crippen LogP contribution < -0.4 is 5.32 Å². The van der Waals surface area contributed by atoms with Gasteiger partial charge >= 0.3 is 0 Å². The summed E-state index contributed by atoms with van der Waals surface area (Å²) in [5.74, 6) is 0.730. The second-order valence-electron chi connectivity index (χ2n) is 5.78. The van der Waals surface area contributed by atoms with E-state index in [9.17, 15) is 14.3 Å². The third kappa shape index (κ3) is 4.41. The lowest BCUT2D eigenvalue weighted by atomic mass is 9.74. The smallest absolute Gasteiger partial charge is 0.240 e. The van der Waals surface area contributed by atoms with E-state index in [2.05, 4.69) is 11.4 Å². The van der Waals surface area contributed by atoms with Gasteiger partial charge in [0.25, 0.3) is 0 Å². The van der Waals surface area contributed by atoms with Gasteiger partial charge in [-0.3, -0.25) is 9.00 Å². The molecule has 1 aliphatic rings. The maximum Gasteiger partial charge on any atom is 0.240 e. The molecular weight excluding hydrogens is 296 g/mol. The van der Waals surface area contributed by atoms with Crippen LogP contribution in [0.2, 0.25) is 0 Å². The molecule has 1 atom stereocenters. The van der Waals surface area contributed by atoms with Crippen LogP contribution in [-0.2, 0) is 21.3 Å². The number of carbonyl (C=O) groups is 1. The van der Waals surface area contributed by atoms with Gasteiger partial charge in [0, 0.05) is 28.9 Å². The summed E-state index contributed by atoms with van der Waals surface area (Å²) in [4.78, 5) is 12.3. The van der Waals surface area contributed by atoms with Gasteiger partial charge in [0.2, 0.25) is 5.91 Å². The number of nitriles is 1. The molecule has 1 aromatic rings. The second kappa shape index (κ2) is 8.09. The van der Waals surface area contributed by atoms with Gasteiger partial charge < -0.3 is 5.32 Å². The summed E-state index contributed by atoms with van der Waals surface area (Å²) in [5, 5.41) is 12.2. The van der Waals surface area contributed by atoms with E-state index in [0.717, 1.165) is 24.8 Å². The van der Waals surface area contributed by atoms with Crippen molar-refractivity contribution >= 4 is 16.7 Å². The van der Waals surface area contributed by atoms with Crippen LogP contribution >= 0.6 is 0 Å². The van der Waals surface area contributed by atoms with Gasteiger partial charge in [-0.2, -0.15) is 5.26 Å². The number of amides is 1. The van der Waals surface area contributed by atoms with Crippen molar-refractivity contribution in [1.82, 2.24) is 5.32 Å². The first-order valence-corrected chi connectivity index (χ1v) is 9.23. The highest BCUT2D eigenvalue weighted by Gasteiger charge is 2.39. The maximum atomic E-state index is 12.3. The number of hydrogen-bond donors (Lipinski definition) is 1. The Morgan fingerprint density at radius 2 is 1.91 bits per heavy atom. The Morgan fingerprint density at radius 3 is 2.55 bits per heavy atom. The number of hydrogen-bond acceptors (Lipinski definition) is 3. The highest BCUT2D eigenvalue weighted by molar-refractivity contribution is 7.84. The molecule has 0 bridgehead atoms. The first-order valence-electron chi connectivity index (χ1n) is 7.75. The zero-order valence-corrected chi connectivity index (χ0v) is 13.5. The highest BCUT2D eigenvalue weighted by Crippen LogP contribution is 2.35. The lowest BCUT2D eigenvalue weighted by molar-refractivity contribution is -0.129. The fourth-order valence-corrected chi connectivity index (χ4v) is 3.86. The summed E-state index contributed by atoms with van der Waals surface area (Å²) in [5.41, 5.74) is 0.173. The minimum absolute atomic E-state index is 0.189. The number of rotatable bonds is 6. The molecule has 1 aliphatic carbocycles. The summed E-state index contributed by atoms with van der Waals surface area (Å²) < 4.78 is 12.0. The molecule has 1 fully saturated rings. The summed E-state index contributed by atoms with van der Waals surface area (Å²) in [6.07, 6.45) is 4.24. The van der Waals surface area contributed by atoms with Crippen LogP contribution in [-0.4, -0.2) is 22.4 Å². The van der Waals surface area contributed by atoms with Gasteiger partial charge in [-0.1, -0.05) is 49.6 Å². The Bertz CT molecular complexity index is 560. The van der Waals surface area contributed by atoms with Crippen LogP contribution in [0.3, 0.4) is 0 Å². The molecule has 118 valence electrons. The molecular formula is C17H22N2O2S. The van der Waals surface area contributed by atoms with Crippen LogP contribution in [0.1, 0.15) is 37.7 Å². The minimum Gasteiger partial charge on any atom is -0.354 e. The molecule has 1 amide bonds. The average molecular weight is 318 g/mol. The molecule has 1 aromatic carbocycles. The zero-order chi connectivity index (χ0) is 15.8. The van der Waals surface area contributed by atoms with Gasteiger partial charge in [-0.05, 0) is 18.4 Å². The Balaban J connectivity index is 1.77. The summed E-state index contributed by atoms with van der Waals surface area (Å²) in [6, 6.07) is 11.9. The van der Waals surface area contributed by atoms with Crippen molar-refractivity contribution < 1.29 is 9.00 Å². The van der Waals surface area contributed by atoms with Crippen molar-refractivity contribution in [2.24, 2.45) is 5.41 Å². The van der Waals surface area contributed by atoms with E-state index >= 15 is 0 Å². The van der Waals surface area contributed by atoms with Gasteiger partial charge in [0.1, 0.15) is 5.41 Å². The predicted octanol–water partition coefficient (Wildman–Crippen LogP) is 2.53. The second-order valence-corrected chi connectivity index (χ2v) is 7.36. The minimum atomic E-state index is -1.01. The lowest BCUT2D eigenvalue weighted by Gasteiger charge is -2.29. The normalized spacial score (nSPS) is 18.1. The van der Waals surface area contributed by atoms with Gasteiger partial charge in [-0.25, -0.2) is 0 Å². The Kier molecular flexibility index (Phi) is 6.14. The van der Waals surface area contributed by atoms with Gasteiger partial charge in [-0.15, -0.1) is 0 Å². The fourth-order valence-electron chi connectivity index (χ4n) is 2.82. The highest BCUT2D eigenvalue weighted by atomic mass is 32.2. The van der Waals surface area contributed by atoms with Gasteiger partial charge in [0.05, 0.1) is 6.07 Å². The molecule has 4 nitrogen and oxygen atoms in total. The van der Waals surface area contributed by atoms with Crippen molar-refractivity contribution in [3.05, 3.63) is 35.9 Å². The van der Waals surface area contributed by atoms with E-state index < -0.39 is 16.2 Å². The monoisotopic (exact) mass is 318 g/mol. The predicted molar refractivity (Wildman–Crippen MR) is 87.3 cm³/mol. The lowest BCUT2D eigenvalue weighted by Crippen LogP contribution is -2.42. The molecule has 0 aromatic heterocycles. The first kappa shape index (κ1) is 16.7. The van der Waals surface area contributed by atoms with Crippen LogP contribution in [0.15, 0.2) is 30.3 Å². The van der Waals surface area contributed by atoms with Crippen LogP contribution in [0.5, 0.6) is 0 Å². The molecule has 0 radical (unpaired) electrons. The SMILES string of the molecule is N#CC1(C(=O)NCC[S@@](=O)Cc2ccccc2)CCCCC1. The van der Waals surface area contributed by atoms with Crippen LogP contribution in [0.25, 0.3) is 0 Å². The molecule has 0 saturated heterocycles. The molecule has 0 unspecified atom stereocenters. The van der Waals surface area contributed by atoms with Crippen molar-refractivity contribution in [1.29, 1.82) is 5.26 Å². The number of carbonyl (C=O) groups excluding carboxylic acids is 1. The van der Waals surface area contributed by atoms with Crippen LogP contribution in [0, 0.1) is 16.7 Å². The van der Waals surface area contributed by atoms with E-state index in [1.54, 1.807) is 0 Å². The fraction of sp³-hybridized carbons (Fsp3) is 0.529. The molecule has 0 heterocycles. The average Bonchev–Trinajstić information content (AvgIpc) is 2.56. The summed E-state index contributed by atoms with van der Waals surface area (Å²) in [7, 11) is -1.01. The van der Waals surface area contributed by atoms with E-state index in [1.165, 1.54) is 0 Å². The molecule has 5 heteroatoms. The van der Waals surface area contributed by atoms with Crippen LogP contribution in [0.4, 0.5) is 0 Å². The molecule has 1 N–H and O–H groups in total. The Morgan fingerprint density at radius 1 is 1.23 bits per heavy atom. The topological polar surface area (TPSA) is 70.0 Å². The molecule has 2 rings (SSSR count). The van der Waals surface area contributed by atoms with E-state index in [0.29, 0.717) is 30.9 Å². The molecule has 22 heavy (non-hydrogen) atoms. The Labute approximate surface area is 134 Å². The third-order valence-corrected chi connectivity index (χ3v) is 5.46. The largest absolute Gasteiger partial charge is 0.354 e. The maximum absolute atomic E-state index is 12.3. The zero-order valence-electron chi connectivity index (χ0n) is 12.7. The van der Waals surface area contributed by atoms with E-state index in [4.69, 9.17) is 0 Å². The van der Waals surface area contributed by atoms with Crippen molar-refractivity contribution in [3.8, 4) is 6.07 Å². The molecule has 0 aliphatic heterocycles. The summed E-state index contributed by atoms with van der Waals surface area (Å²) >= 11 is 0. The number of nitrogens with zero attached hydrogens (tertiary/aromatic N) is 1. The van der Waals surface area contributed by atoms with Crippen molar-refractivity contribution in [2.75, 3.05) is 12.3 Å². The Hall–Kier alpha value is -1.67. The molecule has 0 spiro atoms. The third-order valence-electron chi connectivity index (χ3n) is 4.14. The first-order chi connectivity index (χ1) is 10.7. The number of nitrogens with one attached hydrogen (secondary N) is 1. The quantitative estimate of drug-likeness (QED) is 0.876. The van der Waals surface area contributed by atoms with E-state index in [-0.39, 0.29) is 5.91 Å². The number of benzene rings is 1. The van der Waals surface area contributed by atoms with Gasteiger partial charge in [0.15, 0.2) is 0 Å². The van der Waals surface area contributed by atoms with Crippen molar-refractivity contribution in [2.45, 2.75) is 37.9 Å². The summed E-state index contributed by atoms with van der Waals surface area (Å²) in [6.45, 7) is 0.363. The van der Waals surface area contributed by atoms with E-state index in [1.807, 2.05) is 30.3 Å². The van der Waals surface area contributed by atoms with Crippen molar-refractivity contribution in [3.63, 3.8) is 0 Å².